The van der Waals surface area contributed by atoms with Crippen molar-refractivity contribution in [2.75, 3.05) is 26.2 Å². The zero-order valence-corrected chi connectivity index (χ0v) is 19.8. The third kappa shape index (κ3) is 4.08. The molecule has 1 N–H and O–H groups in total. The van der Waals surface area contributed by atoms with Crippen molar-refractivity contribution < 1.29 is 4.79 Å². The predicted octanol–water partition coefficient (Wildman–Crippen LogP) is 3.89. The number of aromatic amines is 1. The van der Waals surface area contributed by atoms with E-state index in [9.17, 15) is 9.59 Å². The van der Waals surface area contributed by atoms with Gasteiger partial charge in [-0.1, -0.05) is 6.42 Å². The summed E-state index contributed by atoms with van der Waals surface area (Å²) >= 11 is 3.29. The Morgan fingerprint density at radius 1 is 1.10 bits per heavy atom. The first-order chi connectivity index (χ1) is 15.0. The molecule has 4 heterocycles. The van der Waals surface area contributed by atoms with E-state index in [0.717, 1.165) is 51.5 Å². The van der Waals surface area contributed by atoms with Gasteiger partial charge in [-0.25, -0.2) is 4.98 Å². The van der Waals surface area contributed by atoms with Gasteiger partial charge >= 0.3 is 0 Å². The van der Waals surface area contributed by atoms with Crippen molar-refractivity contribution in [2.45, 2.75) is 52.5 Å². The molecule has 5 rings (SSSR count). The number of H-pyrrole nitrogens is 1. The number of rotatable bonds is 3. The molecule has 1 aliphatic carbocycles. The third-order valence-corrected chi connectivity index (χ3v) is 8.90. The molecule has 0 spiro atoms. The fourth-order valence-corrected chi connectivity index (χ4v) is 6.89. The van der Waals surface area contributed by atoms with Gasteiger partial charge in [0.25, 0.3) is 11.5 Å². The smallest absolute Gasteiger partial charge is 0.264 e. The number of aromatic nitrogens is 2. The second-order valence-electron chi connectivity index (χ2n) is 8.66. The van der Waals surface area contributed by atoms with E-state index in [1.165, 1.54) is 29.7 Å². The van der Waals surface area contributed by atoms with Crippen LogP contribution in [0.15, 0.2) is 10.9 Å². The molecule has 8 heteroatoms. The number of carbonyl (C=O) groups excluding carboxylic acids is 1. The monoisotopic (exact) mass is 456 g/mol. The lowest BCUT2D eigenvalue weighted by Crippen LogP contribution is -2.48. The molecule has 0 atom stereocenters. The summed E-state index contributed by atoms with van der Waals surface area (Å²) in [6.45, 7) is 7.63. The van der Waals surface area contributed by atoms with Crippen molar-refractivity contribution in [3.63, 3.8) is 0 Å². The van der Waals surface area contributed by atoms with Gasteiger partial charge in [0.05, 0.1) is 16.8 Å². The molecule has 0 radical (unpaired) electrons. The number of aryl methyl sites for hydroxylation is 4. The van der Waals surface area contributed by atoms with E-state index in [1.54, 1.807) is 22.7 Å². The van der Waals surface area contributed by atoms with E-state index in [0.29, 0.717) is 25.5 Å². The second kappa shape index (κ2) is 8.48. The zero-order valence-electron chi connectivity index (χ0n) is 18.1. The second-order valence-corrected chi connectivity index (χ2v) is 11.0. The van der Waals surface area contributed by atoms with Gasteiger partial charge in [0, 0.05) is 35.9 Å². The molecule has 0 bridgehead atoms. The Bertz CT molecular complexity index is 1160. The molecule has 1 amide bonds. The van der Waals surface area contributed by atoms with Crippen molar-refractivity contribution >= 4 is 38.8 Å². The fourth-order valence-electron chi connectivity index (χ4n) is 4.62. The van der Waals surface area contributed by atoms with Gasteiger partial charge in [-0.15, -0.1) is 22.7 Å². The number of carbonyl (C=O) groups is 1. The van der Waals surface area contributed by atoms with Gasteiger partial charge < -0.3 is 9.88 Å². The first-order valence-corrected chi connectivity index (χ1v) is 12.7. The van der Waals surface area contributed by atoms with Crippen LogP contribution in [0.25, 0.3) is 10.2 Å². The summed E-state index contributed by atoms with van der Waals surface area (Å²) in [5.74, 6) is 0.885. The van der Waals surface area contributed by atoms with Crippen LogP contribution < -0.4 is 5.56 Å². The number of amides is 1. The molecule has 0 saturated carbocycles. The summed E-state index contributed by atoms with van der Waals surface area (Å²) in [6, 6.07) is 2.15. The number of piperazine rings is 1. The molecule has 31 heavy (non-hydrogen) atoms. The van der Waals surface area contributed by atoms with Crippen LogP contribution in [-0.2, 0) is 19.4 Å². The molecular formula is C23H28N4O2S2. The van der Waals surface area contributed by atoms with Gasteiger partial charge in [-0.2, -0.15) is 0 Å². The summed E-state index contributed by atoms with van der Waals surface area (Å²) < 4.78 is 0. The molecule has 2 aliphatic rings. The van der Waals surface area contributed by atoms with Gasteiger partial charge in [0.1, 0.15) is 10.7 Å². The van der Waals surface area contributed by atoms with E-state index >= 15 is 0 Å². The highest BCUT2D eigenvalue weighted by molar-refractivity contribution is 7.18. The molecule has 0 aromatic carbocycles. The van der Waals surface area contributed by atoms with E-state index in [4.69, 9.17) is 4.98 Å². The van der Waals surface area contributed by atoms with Crippen LogP contribution in [0.2, 0.25) is 0 Å². The number of thiophene rings is 2. The highest BCUT2D eigenvalue weighted by Crippen LogP contribution is 2.30. The summed E-state index contributed by atoms with van der Waals surface area (Å²) in [5.41, 5.74) is 2.38. The van der Waals surface area contributed by atoms with E-state index in [2.05, 4.69) is 16.0 Å². The quantitative estimate of drug-likeness (QED) is 0.607. The highest BCUT2D eigenvalue weighted by atomic mass is 32.1. The lowest BCUT2D eigenvalue weighted by molar-refractivity contribution is 0.0630. The zero-order chi connectivity index (χ0) is 21.5. The van der Waals surface area contributed by atoms with Crippen LogP contribution in [0.4, 0.5) is 0 Å². The Hall–Kier alpha value is -2.03. The summed E-state index contributed by atoms with van der Waals surface area (Å²) in [4.78, 5) is 41.8. The van der Waals surface area contributed by atoms with Crippen LogP contribution in [0.1, 0.15) is 55.6 Å². The summed E-state index contributed by atoms with van der Waals surface area (Å²) in [6.07, 6.45) is 6.02. The minimum Gasteiger partial charge on any atom is -0.335 e. The number of fused-ring (bicyclic) bond motifs is 2. The normalized spacial score (nSPS) is 17.7. The topological polar surface area (TPSA) is 69.3 Å². The maximum Gasteiger partial charge on any atom is 0.264 e. The van der Waals surface area contributed by atoms with Crippen molar-refractivity contribution in [3.05, 3.63) is 48.0 Å². The average molecular weight is 457 g/mol. The Labute approximate surface area is 189 Å². The maximum absolute atomic E-state index is 13.1. The molecule has 3 aromatic rings. The number of nitrogens with zero attached hydrogens (tertiary/aromatic N) is 3. The molecule has 1 fully saturated rings. The molecule has 1 saturated heterocycles. The Kier molecular flexibility index (Phi) is 5.71. The van der Waals surface area contributed by atoms with Crippen molar-refractivity contribution in [3.8, 4) is 0 Å². The fraction of sp³-hybridized carbons (Fsp3) is 0.522. The van der Waals surface area contributed by atoms with Gasteiger partial charge in [0.15, 0.2) is 0 Å². The summed E-state index contributed by atoms with van der Waals surface area (Å²) in [5, 5.41) is 0.719. The van der Waals surface area contributed by atoms with Crippen LogP contribution in [0.3, 0.4) is 0 Å². The van der Waals surface area contributed by atoms with Gasteiger partial charge in [0.2, 0.25) is 0 Å². The van der Waals surface area contributed by atoms with Crippen LogP contribution in [0.5, 0.6) is 0 Å². The minimum absolute atomic E-state index is 0.0480. The first-order valence-electron chi connectivity index (χ1n) is 11.1. The minimum atomic E-state index is -0.0480. The molecule has 164 valence electrons. The van der Waals surface area contributed by atoms with E-state index in [1.807, 2.05) is 18.7 Å². The number of nitrogens with one attached hydrogen (secondary N) is 1. The van der Waals surface area contributed by atoms with Crippen molar-refractivity contribution in [1.82, 2.24) is 19.8 Å². The van der Waals surface area contributed by atoms with E-state index < -0.39 is 0 Å². The average Bonchev–Trinajstić information content (AvgIpc) is 3.20. The first kappa shape index (κ1) is 20.8. The number of hydrogen-bond acceptors (Lipinski definition) is 6. The summed E-state index contributed by atoms with van der Waals surface area (Å²) in [7, 11) is 0. The lowest BCUT2D eigenvalue weighted by atomic mass is 10.1. The van der Waals surface area contributed by atoms with Crippen LogP contribution in [0, 0.1) is 13.8 Å². The van der Waals surface area contributed by atoms with Crippen molar-refractivity contribution in [2.24, 2.45) is 0 Å². The van der Waals surface area contributed by atoms with Gasteiger partial charge in [-0.05, 0) is 56.7 Å². The lowest BCUT2D eigenvalue weighted by Gasteiger charge is -2.34. The van der Waals surface area contributed by atoms with Crippen molar-refractivity contribution in [1.29, 1.82) is 0 Å². The van der Waals surface area contributed by atoms with E-state index in [-0.39, 0.29) is 11.5 Å². The van der Waals surface area contributed by atoms with Gasteiger partial charge in [-0.3, -0.25) is 14.5 Å². The molecular weight excluding hydrogens is 428 g/mol. The largest absolute Gasteiger partial charge is 0.335 e. The highest BCUT2D eigenvalue weighted by Gasteiger charge is 2.25. The molecule has 0 unspecified atom stereocenters. The maximum atomic E-state index is 13.1. The Balaban J connectivity index is 1.23. The molecule has 6 nitrogen and oxygen atoms in total. The van der Waals surface area contributed by atoms with Crippen LogP contribution >= 0.6 is 22.7 Å². The predicted molar refractivity (Wildman–Crippen MR) is 126 cm³/mol. The standard InChI is InChI=1S/C23H28N4O2S2/c1-14-15(2)30-22-20(14)21(28)24-19(25-22)13-26-8-10-27(11-9-26)23(29)18-12-16-6-4-3-5-7-17(16)31-18/h12H,3-11,13H2,1-2H3,(H,24,25,28). The third-order valence-electron chi connectivity index (χ3n) is 6.58. The Morgan fingerprint density at radius 2 is 1.87 bits per heavy atom. The van der Waals surface area contributed by atoms with Crippen LogP contribution in [-0.4, -0.2) is 51.9 Å². The number of hydrogen-bond donors (Lipinski definition) is 1. The molecule has 3 aromatic heterocycles. The Morgan fingerprint density at radius 3 is 2.68 bits per heavy atom. The SMILES string of the molecule is Cc1sc2nc(CN3CCN(C(=O)c4cc5c(s4)CCCCC5)CC3)[nH]c(=O)c2c1C. The molecule has 1 aliphatic heterocycles.